The van der Waals surface area contributed by atoms with Gasteiger partial charge in [-0.05, 0) is 24.1 Å². The van der Waals surface area contributed by atoms with E-state index in [0.717, 1.165) is 18.5 Å². The molecule has 0 fully saturated rings. The third kappa shape index (κ3) is 2.09. The summed E-state index contributed by atoms with van der Waals surface area (Å²) in [7, 11) is 0. The Balaban J connectivity index is 1.75. The van der Waals surface area contributed by atoms with Gasteiger partial charge in [-0.1, -0.05) is 24.3 Å². The Morgan fingerprint density at radius 3 is 2.94 bits per heavy atom. The molecule has 1 aromatic carbocycles. The van der Waals surface area contributed by atoms with Gasteiger partial charge >= 0.3 is 0 Å². The van der Waals surface area contributed by atoms with Crippen molar-refractivity contribution in [3.63, 3.8) is 0 Å². The first kappa shape index (κ1) is 11.2. The van der Waals surface area contributed by atoms with Crippen LogP contribution in [0, 0.1) is 0 Å². The summed E-state index contributed by atoms with van der Waals surface area (Å²) in [5, 5.41) is 10.2. The molecule has 1 N–H and O–H groups in total. The third-order valence-corrected chi connectivity index (χ3v) is 3.45. The standard InChI is InChI=1S/C15H16N2O/c18-15(13-5-3-8-16-10-13)11-17-9-7-12-4-1-2-6-14(12)17/h1-6,8,10,15,18H,7,9,11H2. The fraction of sp³-hybridized carbons (Fsp3) is 0.267. The van der Waals surface area contributed by atoms with Gasteiger partial charge in [-0.15, -0.1) is 0 Å². The van der Waals surface area contributed by atoms with E-state index >= 15 is 0 Å². The lowest BCUT2D eigenvalue weighted by Gasteiger charge is -2.22. The second-order valence-electron chi connectivity index (χ2n) is 4.63. The largest absolute Gasteiger partial charge is 0.387 e. The molecule has 1 aliphatic rings. The summed E-state index contributed by atoms with van der Waals surface area (Å²) in [5.41, 5.74) is 3.50. The van der Waals surface area contributed by atoms with E-state index in [1.54, 1.807) is 12.4 Å². The molecule has 3 heteroatoms. The molecule has 0 aliphatic carbocycles. The molecule has 0 bridgehead atoms. The highest BCUT2D eigenvalue weighted by atomic mass is 16.3. The van der Waals surface area contributed by atoms with E-state index in [9.17, 15) is 5.11 Å². The lowest BCUT2D eigenvalue weighted by atomic mass is 10.1. The molecule has 1 atom stereocenters. The van der Waals surface area contributed by atoms with Crippen LogP contribution in [0.3, 0.4) is 0 Å². The second-order valence-corrected chi connectivity index (χ2v) is 4.63. The molecule has 0 radical (unpaired) electrons. The van der Waals surface area contributed by atoms with Gasteiger partial charge < -0.3 is 10.0 Å². The summed E-state index contributed by atoms with van der Waals surface area (Å²) in [5.74, 6) is 0. The van der Waals surface area contributed by atoms with Crippen LogP contribution in [0.15, 0.2) is 48.8 Å². The van der Waals surface area contributed by atoms with Gasteiger partial charge in [0.1, 0.15) is 0 Å². The van der Waals surface area contributed by atoms with Gasteiger partial charge in [-0.25, -0.2) is 0 Å². The molecule has 2 aromatic rings. The minimum atomic E-state index is -0.482. The molecule has 1 aliphatic heterocycles. The van der Waals surface area contributed by atoms with Crippen molar-refractivity contribution >= 4 is 5.69 Å². The molecule has 0 amide bonds. The molecule has 0 spiro atoms. The summed E-state index contributed by atoms with van der Waals surface area (Å²) in [6.45, 7) is 1.61. The minimum Gasteiger partial charge on any atom is -0.387 e. The van der Waals surface area contributed by atoms with Crippen molar-refractivity contribution in [1.29, 1.82) is 0 Å². The predicted molar refractivity (Wildman–Crippen MR) is 71.6 cm³/mol. The molecular formula is C15H16N2O. The van der Waals surface area contributed by atoms with Crippen LogP contribution in [0.4, 0.5) is 5.69 Å². The Labute approximate surface area is 107 Å². The second kappa shape index (κ2) is 4.78. The first-order valence-corrected chi connectivity index (χ1v) is 6.25. The van der Waals surface area contributed by atoms with Crippen LogP contribution in [0.2, 0.25) is 0 Å². The zero-order valence-corrected chi connectivity index (χ0v) is 10.2. The smallest absolute Gasteiger partial charge is 0.0979 e. The molecule has 18 heavy (non-hydrogen) atoms. The predicted octanol–water partition coefficient (Wildman–Crippen LogP) is 2.18. The van der Waals surface area contributed by atoms with Crippen molar-refractivity contribution in [3.8, 4) is 0 Å². The quantitative estimate of drug-likeness (QED) is 0.893. The van der Waals surface area contributed by atoms with E-state index < -0.39 is 6.10 Å². The maximum atomic E-state index is 10.2. The van der Waals surface area contributed by atoms with Crippen LogP contribution in [-0.2, 0) is 6.42 Å². The number of nitrogens with zero attached hydrogens (tertiary/aromatic N) is 2. The summed E-state index contributed by atoms with van der Waals surface area (Å²) in [6.07, 6.45) is 4.04. The molecule has 3 nitrogen and oxygen atoms in total. The maximum Gasteiger partial charge on any atom is 0.0979 e. The molecule has 3 rings (SSSR count). The third-order valence-electron chi connectivity index (χ3n) is 3.45. The van der Waals surface area contributed by atoms with Crippen molar-refractivity contribution in [2.75, 3.05) is 18.0 Å². The number of hydrogen-bond acceptors (Lipinski definition) is 3. The Morgan fingerprint density at radius 1 is 1.22 bits per heavy atom. The first-order valence-electron chi connectivity index (χ1n) is 6.25. The molecule has 1 aromatic heterocycles. The van der Waals surface area contributed by atoms with Crippen LogP contribution in [0.5, 0.6) is 0 Å². The normalized spacial score (nSPS) is 15.5. The van der Waals surface area contributed by atoms with E-state index in [0.29, 0.717) is 6.54 Å². The fourth-order valence-corrected chi connectivity index (χ4v) is 2.48. The lowest BCUT2D eigenvalue weighted by Crippen LogP contribution is -2.26. The van der Waals surface area contributed by atoms with Gasteiger partial charge in [-0.2, -0.15) is 0 Å². The van der Waals surface area contributed by atoms with Crippen LogP contribution in [0.1, 0.15) is 17.2 Å². The lowest BCUT2D eigenvalue weighted by molar-refractivity contribution is 0.183. The number of aliphatic hydroxyl groups is 1. The van der Waals surface area contributed by atoms with E-state index in [4.69, 9.17) is 0 Å². The highest BCUT2D eigenvalue weighted by Crippen LogP contribution is 2.29. The van der Waals surface area contributed by atoms with E-state index in [1.165, 1.54) is 11.3 Å². The van der Waals surface area contributed by atoms with Crippen LogP contribution in [-0.4, -0.2) is 23.2 Å². The van der Waals surface area contributed by atoms with Crippen LogP contribution < -0.4 is 4.90 Å². The number of aliphatic hydroxyl groups excluding tert-OH is 1. The Bertz CT molecular complexity index is 527. The van der Waals surface area contributed by atoms with Gasteiger partial charge in [0.2, 0.25) is 0 Å². The number of anilines is 1. The van der Waals surface area contributed by atoms with Gasteiger partial charge in [0.25, 0.3) is 0 Å². The van der Waals surface area contributed by atoms with E-state index in [1.807, 2.05) is 18.2 Å². The summed E-state index contributed by atoms with van der Waals surface area (Å²) >= 11 is 0. The summed E-state index contributed by atoms with van der Waals surface area (Å²) < 4.78 is 0. The van der Waals surface area contributed by atoms with Crippen molar-refractivity contribution < 1.29 is 5.11 Å². The highest BCUT2D eigenvalue weighted by Gasteiger charge is 2.21. The fourth-order valence-electron chi connectivity index (χ4n) is 2.48. The zero-order valence-electron chi connectivity index (χ0n) is 10.2. The van der Waals surface area contributed by atoms with E-state index in [-0.39, 0.29) is 0 Å². The number of para-hydroxylation sites is 1. The van der Waals surface area contributed by atoms with Crippen molar-refractivity contribution in [1.82, 2.24) is 4.98 Å². The zero-order chi connectivity index (χ0) is 12.4. The summed E-state index contributed by atoms with van der Waals surface area (Å²) in [6, 6.07) is 12.2. The Morgan fingerprint density at radius 2 is 2.11 bits per heavy atom. The first-order chi connectivity index (χ1) is 8.84. The molecule has 92 valence electrons. The SMILES string of the molecule is OC(CN1CCc2ccccc21)c1cccnc1. The van der Waals surface area contributed by atoms with Crippen molar-refractivity contribution in [2.45, 2.75) is 12.5 Å². The van der Waals surface area contributed by atoms with Gasteiger partial charge in [0.15, 0.2) is 0 Å². The van der Waals surface area contributed by atoms with Gasteiger partial charge in [-0.3, -0.25) is 4.98 Å². The number of hydrogen-bond donors (Lipinski definition) is 1. The number of benzene rings is 1. The molecule has 2 heterocycles. The average molecular weight is 240 g/mol. The minimum absolute atomic E-state index is 0.482. The summed E-state index contributed by atoms with van der Waals surface area (Å²) in [4.78, 5) is 6.29. The number of pyridine rings is 1. The van der Waals surface area contributed by atoms with Gasteiger partial charge in [0.05, 0.1) is 6.10 Å². The maximum absolute atomic E-state index is 10.2. The number of fused-ring (bicyclic) bond motifs is 1. The number of aromatic nitrogens is 1. The van der Waals surface area contributed by atoms with Gasteiger partial charge in [0, 0.05) is 36.7 Å². The van der Waals surface area contributed by atoms with Crippen LogP contribution >= 0.6 is 0 Å². The molecule has 0 saturated heterocycles. The number of rotatable bonds is 3. The highest BCUT2D eigenvalue weighted by molar-refractivity contribution is 5.57. The van der Waals surface area contributed by atoms with E-state index in [2.05, 4.69) is 28.1 Å². The average Bonchev–Trinajstić information content (AvgIpc) is 2.83. The van der Waals surface area contributed by atoms with Crippen molar-refractivity contribution in [2.24, 2.45) is 0 Å². The monoisotopic (exact) mass is 240 g/mol. The topological polar surface area (TPSA) is 36.4 Å². The Kier molecular flexibility index (Phi) is 2.99. The van der Waals surface area contributed by atoms with Crippen molar-refractivity contribution in [3.05, 3.63) is 59.9 Å². The van der Waals surface area contributed by atoms with Crippen LogP contribution in [0.25, 0.3) is 0 Å². The Hall–Kier alpha value is -1.87. The molecular weight excluding hydrogens is 224 g/mol. The molecule has 0 saturated carbocycles. The molecule has 1 unspecified atom stereocenters. The number of β-amino-alcohol motifs (C(OH)–C–C–N with tert-alkyl or cyclic N) is 1.